The summed E-state index contributed by atoms with van der Waals surface area (Å²) in [6.45, 7) is 5.68. The van der Waals surface area contributed by atoms with Gasteiger partial charge in [0.15, 0.2) is 0 Å². The van der Waals surface area contributed by atoms with Gasteiger partial charge in [-0.25, -0.2) is 4.98 Å². The average molecular weight is 522 g/mol. The van der Waals surface area contributed by atoms with Gasteiger partial charge in [-0.15, -0.1) is 0 Å². The smallest absolute Gasteiger partial charge is 0.264 e. The molecule has 0 bridgehead atoms. The van der Waals surface area contributed by atoms with Crippen LogP contribution in [-0.4, -0.2) is 37.7 Å². The normalized spacial score (nSPS) is 20.3. The molecule has 2 aliphatic carbocycles. The molecule has 2 unspecified atom stereocenters. The Morgan fingerprint density at radius 2 is 1.32 bits per heavy atom. The molecule has 6 heteroatoms. The number of para-hydroxylation sites is 2. The van der Waals surface area contributed by atoms with E-state index in [1.54, 1.807) is 4.57 Å². The Bertz CT molecular complexity index is 2170. The number of hydrogen-bond acceptors (Lipinski definition) is 4. The fraction of sp³-hybridized carbons (Fsp3) is 0.176. The number of aromatic nitrogens is 2. The first-order valence-electron chi connectivity index (χ1n) is 13.6. The summed E-state index contributed by atoms with van der Waals surface area (Å²) < 4.78 is 1.76. The summed E-state index contributed by atoms with van der Waals surface area (Å²) in [5.74, 6) is -0.410. The van der Waals surface area contributed by atoms with E-state index >= 15 is 0 Å². The molecule has 0 N–H and O–H groups in total. The van der Waals surface area contributed by atoms with Gasteiger partial charge in [0.1, 0.15) is 5.82 Å². The summed E-state index contributed by atoms with van der Waals surface area (Å²) in [5.41, 5.74) is 6.08. The van der Waals surface area contributed by atoms with Crippen molar-refractivity contribution in [2.45, 2.75) is 38.1 Å². The quantitative estimate of drug-likeness (QED) is 0.175. The van der Waals surface area contributed by atoms with Crippen LogP contribution in [0, 0.1) is 0 Å². The van der Waals surface area contributed by atoms with Crippen LogP contribution < -0.4 is 0 Å². The van der Waals surface area contributed by atoms with Crippen molar-refractivity contribution >= 4 is 62.5 Å². The summed E-state index contributed by atoms with van der Waals surface area (Å²) in [6, 6.07) is 15.6. The molecule has 0 fully saturated rings. The molecule has 0 radical (unpaired) electrons. The number of hydrogen-bond donors (Lipinski definition) is 0. The van der Waals surface area contributed by atoms with Crippen LogP contribution in [-0.2, 0) is 4.79 Å². The number of nitrogens with zero attached hydrogens (tertiary/aromatic N) is 3. The summed E-state index contributed by atoms with van der Waals surface area (Å²) in [4.78, 5) is 47.6. The van der Waals surface area contributed by atoms with Crippen LogP contribution >= 0.6 is 0 Å². The lowest BCUT2D eigenvalue weighted by atomic mass is 9.73. The summed E-state index contributed by atoms with van der Waals surface area (Å²) >= 11 is 0. The van der Waals surface area contributed by atoms with Crippen molar-refractivity contribution in [3.63, 3.8) is 0 Å². The lowest BCUT2D eigenvalue weighted by Gasteiger charge is -2.41. The summed E-state index contributed by atoms with van der Waals surface area (Å²) in [7, 11) is 0. The van der Waals surface area contributed by atoms with E-state index in [9.17, 15) is 14.4 Å². The van der Waals surface area contributed by atoms with E-state index < -0.39 is 11.5 Å². The minimum Gasteiger partial charge on any atom is -0.273 e. The second-order valence-corrected chi connectivity index (χ2v) is 12.1. The van der Waals surface area contributed by atoms with Crippen LogP contribution in [0.25, 0.3) is 44.7 Å². The Balaban J connectivity index is 1.38. The van der Waals surface area contributed by atoms with E-state index in [1.165, 1.54) is 4.90 Å². The molecule has 0 saturated heterocycles. The minimum atomic E-state index is -0.621. The molecule has 3 heterocycles. The molecule has 9 rings (SSSR count). The highest BCUT2D eigenvalue weighted by Crippen LogP contribution is 2.51. The van der Waals surface area contributed by atoms with Crippen LogP contribution in [0.5, 0.6) is 0 Å². The zero-order valence-electron chi connectivity index (χ0n) is 22.1. The zero-order valence-corrected chi connectivity index (χ0v) is 22.1. The summed E-state index contributed by atoms with van der Waals surface area (Å²) in [5, 5.41) is 4.02. The van der Waals surface area contributed by atoms with Gasteiger partial charge in [-0.05, 0) is 88.8 Å². The largest absolute Gasteiger partial charge is 0.273 e. The van der Waals surface area contributed by atoms with Gasteiger partial charge in [0, 0.05) is 16.7 Å². The Morgan fingerprint density at radius 1 is 0.725 bits per heavy atom. The minimum absolute atomic E-state index is 0.0636. The molecular formula is C34H23N3O3. The van der Waals surface area contributed by atoms with Gasteiger partial charge in [0.2, 0.25) is 5.91 Å². The van der Waals surface area contributed by atoms with E-state index in [1.807, 2.05) is 81.5 Å². The van der Waals surface area contributed by atoms with E-state index in [4.69, 9.17) is 4.98 Å². The van der Waals surface area contributed by atoms with Gasteiger partial charge in [-0.3, -0.25) is 23.9 Å². The number of carbonyl (C=O) groups excluding carboxylic acids is 3. The van der Waals surface area contributed by atoms with Gasteiger partial charge in [0.25, 0.3) is 11.8 Å². The first kappa shape index (κ1) is 22.0. The third kappa shape index (κ3) is 2.38. The first-order valence-corrected chi connectivity index (χ1v) is 13.6. The number of fused-ring (bicyclic) bond motifs is 6. The number of carbonyl (C=O) groups is 3. The molecule has 2 aliphatic heterocycles. The molecule has 192 valence electrons. The highest BCUT2D eigenvalue weighted by atomic mass is 16.2. The van der Waals surface area contributed by atoms with E-state index in [0.717, 1.165) is 60.7 Å². The first-order chi connectivity index (χ1) is 19.3. The molecular weight excluding hydrogens is 498 g/mol. The number of allylic oxidation sites excluding steroid dienone is 1. The van der Waals surface area contributed by atoms with E-state index in [-0.39, 0.29) is 23.6 Å². The maximum absolute atomic E-state index is 13.9. The third-order valence-corrected chi connectivity index (χ3v) is 9.03. The Hall–Kier alpha value is -4.84. The predicted molar refractivity (Wildman–Crippen MR) is 154 cm³/mol. The van der Waals surface area contributed by atoms with Crippen molar-refractivity contribution in [3.05, 3.63) is 99.9 Å². The van der Waals surface area contributed by atoms with Crippen LogP contribution in [0.2, 0.25) is 0 Å². The van der Waals surface area contributed by atoms with Gasteiger partial charge in [-0.1, -0.05) is 48.6 Å². The van der Waals surface area contributed by atoms with Gasteiger partial charge in [-0.2, -0.15) is 0 Å². The Kier molecular flexibility index (Phi) is 3.76. The van der Waals surface area contributed by atoms with Crippen molar-refractivity contribution in [2.24, 2.45) is 0 Å². The number of amides is 2. The fourth-order valence-corrected chi connectivity index (χ4v) is 7.48. The second-order valence-electron chi connectivity index (χ2n) is 12.1. The molecule has 40 heavy (non-hydrogen) atoms. The standard InChI is InChI=1S/C34H23N3O3/c1-34(2,3)37-32(39)22-14-10-18-16-8-12-20-28-21(31(38)36-25-7-5-4-6-24(25)35-30(20)36)13-9-17(26(16)28)19-11-15-23(33(37)40)29(22)27(18)19/h4-15,20,22H,1-3H3. The van der Waals surface area contributed by atoms with Crippen molar-refractivity contribution in [1.29, 1.82) is 0 Å². The Labute approximate surface area is 229 Å². The monoisotopic (exact) mass is 521 g/mol. The molecule has 6 nitrogen and oxygen atoms in total. The van der Waals surface area contributed by atoms with E-state index in [0.29, 0.717) is 11.1 Å². The van der Waals surface area contributed by atoms with Crippen LogP contribution in [0.15, 0.2) is 60.7 Å². The maximum atomic E-state index is 13.9. The molecule has 4 aromatic carbocycles. The number of rotatable bonds is 0. The van der Waals surface area contributed by atoms with Crippen LogP contribution in [0.3, 0.4) is 0 Å². The molecule has 4 aliphatic rings. The number of imidazole rings is 1. The SMILES string of the molecule is CC(C)(C)N1C(=O)c2ccc3c4c(c5c6c7c(ccc63)C(=O)n3c(nc6ccccc63)C7C=C5)C=CC(C1=O)c24. The zero-order chi connectivity index (χ0) is 27.2. The predicted octanol–water partition coefficient (Wildman–Crippen LogP) is 6.39. The van der Waals surface area contributed by atoms with Gasteiger partial charge >= 0.3 is 0 Å². The molecule has 1 aromatic heterocycles. The summed E-state index contributed by atoms with van der Waals surface area (Å²) in [6.07, 6.45) is 8.25. The van der Waals surface area contributed by atoms with Gasteiger partial charge in [0.05, 0.1) is 22.9 Å². The van der Waals surface area contributed by atoms with Crippen molar-refractivity contribution < 1.29 is 14.4 Å². The molecule has 2 atom stereocenters. The van der Waals surface area contributed by atoms with E-state index in [2.05, 4.69) is 12.2 Å². The van der Waals surface area contributed by atoms with Crippen molar-refractivity contribution in [3.8, 4) is 0 Å². The molecule has 0 spiro atoms. The molecule has 0 saturated carbocycles. The Morgan fingerprint density at radius 3 is 2.00 bits per heavy atom. The lowest BCUT2D eigenvalue weighted by Crippen LogP contribution is -2.54. The average Bonchev–Trinajstić information content (AvgIpc) is 3.33. The lowest BCUT2D eigenvalue weighted by molar-refractivity contribution is -0.133. The van der Waals surface area contributed by atoms with Crippen molar-refractivity contribution in [2.75, 3.05) is 0 Å². The van der Waals surface area contributed by atoms with Crippen molar-refractivity contribution in [1.82, 2.24) is 14.5 Å². The van der Waals surface area contributed by atoms with Gasteiger partial charge < -0.3 is 0 Å². The molecule has 2 amide bonds. The fourth-order valence-electron chi connectivity index (χ4n) is 7.48. The highest BCUT2D eigenvalue weighted by molar-refractivity contribution is 6.25. The topological polar surface area (TPSA) is 72.3 Å². The second kappa shape index (κ2) is 6.83. The maximum Gasteiger partial charge on any atom is 0.264 e. The van der Waals surface area contributed by atoms with Crippen LogP contribution in [0.4, 0.5) is 0 Å². The highest BCUT2D eigenvalue weighted by Gasteiger charge is 2.45. The number of imide groups is 1. The third-order valence-electron chi connectivity index (χ3n) is 9.03. The number of benzene rings is 4. The van der Waals surface area contributed by atoms with Crippen LogP contribution in [0.1, 0.15) is 81.4 Å². The molecule has 5 aromatic rings.